The van der Waals surface area contributed by atoms with Crippen molar-refractivity contribution < 1.29 is 13.2 Å². The van der Waals surface area contributed by atoms with Gasteiger partial charge in [-0.05, 0) is 42.6 Å². The van der Waals surface area contributed by atoms with Crippen LogP contribution in [0.1, 0.15) is 23.5 Å². The molecule has 1 aliphatic heterocycles. The maximum absolute atomic E-state index is 12.6. The van der Waals surface area contributed by atoms with E-state index >= 15 is 0 Å². The van der Waals surface area contributed by atoms with Gasteiger partial charge >= 0.3 is 6.18 Å². The highest BCUT2D eigenvalue weighted by atomic mass is 19.4. The van der Waals surface area contributed by atoms with Crippen LogP contribution in [0.3, 0.4) is 0 Å². The molecule has 1 unspecified atom stereocenters. The number of halogens is 3. The van der Waals surface area contributed by atoms with Crippen molar-refractivity contribution in [3.63, 3.8) is 0 Å². The Morgan fingerprint density at radius 3 is 2.71 bits per heavy atom. The predicted molar refractivity (Wildman–Crippen MR) is 61.1 cm³/mol. The van der Waals surface area contributed by atoms with E-state index in [0.717, 1.165) is 30.3 Å². The Kier molecular flexibility index (Phi) is 3.03. The summed E-state index contributed by atoms with van der Waals surface area (Å²) in [7, 11) is 1.89. The summed E-state index contributed by atoms with van der Waals surface area (Å²) in [5.74, 6) is 0.0310. The Labute approximate surface area is 98.2 Å². The van der Waals surface area contributed by atoms with Gasteiger partial charge in [-0.15, -0.1) is 0 Å². The molecule has 17 heavy (non-hydrogen) atoms. The maximum atomic E-state index is 12.6. The summed E-state index contributed by atoms with van der Waals surface area (Å²) in [5, 5.41) is 0. The Morgan fingerprint density at radius 2 is 2.12 bits per heavy atom. The molecule has 94 valence electrons. The first kappa shape index (κ1) is 12.2. The average Bonchev–Trinajstić information content (AvgIpc) is 2.28. The van der Waals surface area contributed by atoms with Crippen molar-refractivity contribution in [3.05, 3.63) is 29.3 Å². The van der Waals surface area contributed by atoms with Crippen LogP contribution in [0.5, 0.6) is 0 Å². The number of nitrogens with two attached hydrogens (primary N) is 1. The quantitative estimate of drug-likeness (QED) is 0.822. The van der Waals surface area contributed by atoms with Crippen LogP contribution in [0, 0.1) is 0 Å². The minimum absolute atomic E-state index is 0.0310. The average molecular weight is 244 g/mol. The van der Waals surface area contributed by atoms with Gasteiger partial charge in [0.05, 0.1) is 5.56 Å². The number of rotatable bonds is 1. The van der Waals surface area contributed by atoms with Gasteiger partial charge in [-0.1, -0.05) is 0 Å². The number of nitrogens with zero attached hydrogens (tertiary/aromatic N) is 1. The summed E-state index contributed by atoms with van der Waals surface area (Å²) in [4.78, 5) is 1.97. The molecule has 1 atom stereocenters. The second kappa shape index (κ2) is 4.22. The lowest BCUT2D eigenvalue weighted by Gasteiger charge is -2.33. The van der Waals surface area contributed by atoms with Crippen LogP contribution >= 0.6 is 0 Å². The van der Waals surface area contributed by atoms with Gasteiger partial charge in [0.1, 0.15) is 0 Å². The molecular weight excluding hydrogens is 229 g/mol. The highest BCUT2D eigenvalue weighted by molar-refractivity contribution is 5.58. The topological polar surface area (TPSA) is 29.3 Å². The third-order valence-corrected chi connectivity index (χ3v) is 3.30. The normalized spacial score (nSPS) is 20.3. The minimum atomic E-state index is -4.29. The van der Waals surface area contributed by atoms with E-state index < -0.39 is 11.7 Å². The molecule has 0 amide bonds. The van der Waals surface area contributed by atoms with Crippen molar-refractivity contribution in [1.82, 2.24) is 0 Å². The first-order valence-electron chi connectivity index (χ1n) is 5.56. The molecular formula is C12H15F3N2. The lowest BCUT2D eigenvalue weighted by atomic mass is 9.89. The molecule has 2 rings (SSSR count). The van der Waals surface area contributed by atoms with Crippen LogP contribution in [0.2, 0.25) is 0 Å². The van der Waals surface area contributed by atoms with Crippen LogP contribution in [-0.4, -0.2) is 20.1 Å². The van der Waals surface area contributed by atoms with E-state index in [4.69, 9.17) is 5.73 Å². The molecule has 1 aromatic carbocycles. The zero-order chi connectivity index (χ0) is 12.6. The van der Waals surface area contributed by atoms with Gasteiger partial charge in [-0.2, -0.15) is 13.2 Å². The van der Waals surface area contributed by atoms with Gasteiger partial charge in [-0.25, -0.2) is 0 Å². The second-order valence-electron chi connectivity index (χ2n) is 4.41. The fourth-order valence-corrected chi connectivity index (χ4v) is 2.28. The smallest absolute Gasteiger partial charge is 0.374 e. The SMILES string of the molecule is CN1CCC(CN)c2cc(C(F)(F)F)ccc21. The highest BCUT2D eigenvalue weighted by Crippen LogP contribution is 2.38. The Morgan fingerprint density at radius 1 is 1.41 bits per heavy atom. The molecule has 0 aromatic heterocycles. The van der Waals surface area contributed by atoms with E-state index in [0.29, 0.717) is 6.54 Å². The zero-order valence-electron chi connectivity index (χ0n) is 9.59. The van der Waals surface area contributed by atoms with E-state index in [-0.39, 0.29) is 5.92 Å². The van der Waals surface area contributed by atoms with Gasteiger partial charge in [0.25, 0.3) is 0 Å². The lowest BCUT2D eigenvalue weighted by molar-refractivity contribution is -0.137. The van der Waals surface area contributed by atoms with E-state index in [1.54, 1.807) is 6.07 Å². The number of alkyl halides is 3. The van der Waals surface area contributed by atoms with Gasteiger partial charge < -0.3 is 10.6 Å². The molecule has 1 aliphatic rings. The summed E-state index contributed by atoms with van der Waals surface area (Å²) in [6, 6.07) is 3.91. The third-order valence-electron chi connectivity index (χ3n) is 3.30. The third kappa shape index (κ3) is 2.24. The van der Waals surface area contributed by atoms with Gasteiger partial charge in [-0.3, -0.25) is 0 Å². The molecule has 1 aromatic rings. The molecule has 0 fully saturated rings. The summed E-state index contributed by atoms with van der Waals surface area (Å²) in [6.07, 6.45) is -3.48. The largest absolute Gasteiger partial charge is 0.416 e. The van der Waals surface area contributed by atoms with Gasteiger partial charge in [0.15, 0.2) is 0 Å². The molecule has 0 aliphatic carbocycles. The van der Waals surface area contributed by atoms with Crippen molar-refractivity contribution in [2.75, 3.05) is 25.0 Å². The fraction of sp³-hybridized carbons (Fsp3) is 0.500. The molecule has 0 saturated heterocycles. The molecule has 0 bridgehead atoms. The number of hydrogen-bond acceptors (Lipinski definition) is 2. The summed E-state index contributed by atoms with van der Waals surface area (Å²) in [6.45, 7) is 1.22. The predicted octanol–water partition coefficient (Wildman–Crippen LogP) is 2.59. The van der Waals surface area contributed by atoms with E-state index in [2.05, 4.69) is 0 Å². The minimum Gasteiger partial charge on any atom is -0.374 e. The fourth-order valence-electron chi connectivity index (χ4n) is 2.28. The lowest BCUT2D eigenvalue weighted by Crippen LogP contribution is -2.30. The number of benzene rings is 1. The molecule has 0 spiro atoms. The van der Waals surface area contributed by atoms with Crippen molar-refractivity contribution >= 4 is 5.69 Å². The van der Waals surface area contributed by atoms with Crippen LogP contribution in [0.25, 0.3) is 0 Å². The first-order chi connectivity index (χ1) is 7.93. The molecule has 2 nitrogen and oxygen atoms in total. The number of fused-ring (bicyclic) bond motifs is 1. The Balaban J connectivity index is 2.48. The monoisotopic (exact) mass is 244 g/mol. The number of anilines is 1. The van der Waals surface area contributed by atoms with E-state index in [1.807, 2.05) is 11.9 Å². The second-order valence-corrected chi connectivity index (χ2v) is 4.41. The summed E-state index contributed by atoms with van der Waals surface area (Å²) < 4.78 is 37.9. The Bertz CT molecular complexity index is 415. The van der Waals surface area contributed by atoms with Crippen molar-refractivity contribution in [3.8, 4) is 0 Å². The van der Waals surface area contributed by atoms with Crippen LogP contribution in [0.4, 0.5) is 18.9 Å². The van der Waals surface area contributed by atoms with Gasteiger partial charge in [0, 0.05) is 19.3 Å². The van der Waals surface area contributed by atoms with Crippen LogP contribution < -0.4 is 10.6 Å². The molecule has 0 saturated carbocycles. The Hall–Kier alpha value is -1.23. The molecule has 0 radical (unpaired) electrons. The zero-order valence-corrected chi connectivity index (χ0v) is 9.59. The number of hydrogen-bond donors (Lipinski definition) is 1. The van der Waals surface area contributed by atoms with Crippen LogP contribution in [-0.2, 0) is 6.18 Å². The summed E-state index contributed by atoms with van der Waals surface area (Å²) in [5.41, 5.74) is 6.61. The highest BCUT2D eigenvalue weighted by Gasteiger charge is 2.33. The molecule has 2 N–H and O–H groups in total. The maximum Gasteiger partial charge on any atom is 0.416 e. The van der Waals surface area contributed by atoms with Crippen LogP contribution in [0.15, 0.2) is 18.2 Å². The molecule has 1 heterocycles. The van der Waals surface area contributed by atoms with Gasteiger partial charge in [0.2, 0.25) is 0 Å². The van der Waals surface area contributed by atoms with Crippen molar-refractivity contribution in [2.24, 2.45) is 5.73 Å². The van der Waals surface area contributed by atoms with E-state index in [1.165, 1.54) is 6.07 Å². The van der Waals surface area contributed by atoms with Crippen molar-refractivity contribution in [2.45, 2.75) is 18.5 Å². The van der Waals surface area contributed by atoms with Crippen molar-refractivity contribution in [1.29, 1.82) is 0 Å². The first-order valence-corrected chi connectivity index (χ1v) is 5.56. The summed E-state index contributed by atoms with van der Waals surface area (Å²) >= 11 is 0. The standard InChI is InChI=1S/C12H15F3N2/c1-17-5-4-8(7-16)10-6-9(12(13,14)15)2-3-11(10)17/h2-3,6,8H,4-5,7,16H2,1H3. The molecule has 5 heteroatoms. The van der Waals surface area contributed by atoms with E-state index in [9.17, 15) is 13.2 Å².